The normalized spacial score (nSPS) is 16.3. The van der Waals surface area contributed by atoms with Gasteiger partial charge in [-0.3, -0.25) is 0 Å². The fourth-order valence-electron chi connectivity index (χ4n) is 3.21. The van der Waals surface area contributed by atoms with Gasteiger partial charge in [-0.1, -0.05) is 30.3 Å². The third-order valence-electron chi connectivity index (χ3n) is 4.38. The summed E-state index contributed by atoms with van der Waals surface area (Å²) in [4.78, 5) is 1.23. The van der Waals surface area contributed by atoms with Crippen LogP contribution >= 0.6 is 22.9 Å². The van der Waals surface area contributed by atoms with Gasteiger partial charge in [-0.15, -0.1) is 22.9 Å². The van der Waals surface area contributed by atoms with Crippen molar-refractivity contribution in [3.8, 4) is 5.75 Å². The zero-order valence-electron chi connectivity index (χ0n) is 12.9. The topological polar surface area (TPSA) is 21.3 Å². The zero-order chi connectivity index (χ0) is 15.8. The molecule has 23 heavy (non-hydrogen) atoms. The number of thiophene rings is 1. The summed E-state index contributed by atoms with van der Waals surface area (Å²) in [6.45, 7) is 3.66. The molecule has 0 fully saturated rings. The molecule has 0 amide bonds. The first-order valence-corrected chi connectivity index (χ1v) is 9.15. The van der Waals surface area contributed by atoms with E-state index in [0.29, 0.717) is 18.4 Å². The van der Waals surface area contributed by atoms with E-state index in [1.165, 1.54) is 31.8 Å². The van der Waals surface area contributed by atoms with Gasteiger partial charge in [0.15, 0.2) is 0 Å². The van der Waals surface area contributed by atoms with Gasteiger partial charge in [-0.2, -0.15) is 0 Å². The van der Waals surface area contributed by atoms with E-state index in [1.807, 2.05) is 29.5 Å². The fraction of sp³-hybridized carbons (Fsp3) is 0.263. The summed E-state index contributed by atoms with van der Waals surface area (Å²) in [6.07, 6.45) is 0. The smallest absolute Gasteiger partial charge is 0.141 e. The van der Waals surface area contributed by atoms with Crippen LogP contribution in [0.2, 0.25) is 0 Å². The van der Waals surface area contributed by atoms with E-state index in [0.717, 1.165) is 12.3 Å². The summed E-state index contributed by atoms with van der Waals surface area (Å²) in [5.74, 6) is 2.04. The van der Waals surface area contributed by atoms with Gasteiger partial charge in [0.05, 0.1) is 0 Å². The molecular weight excluding hydrogens is 326 g/mol. The molecule has 4 rings (SSSR count). The first-order valence-electron chi connectivity index (χ1n) is 7.80. The minimum Gasteiger partial charge on any atom is -0.487 e. The van der Waals surface area contributed by atoms with Crippen molar-refractivity contribution in [2.45, 2.75) is 19.4 Å². The van der Waals surface area contributed by atoms with Crippen molar-refractivity contribution in [1.29, 1.82) is 0 Å². The lowest BCUT2D eigenvalue weighted by molar-refractivity contribution is 0.309. The second-order valence-electron chi connectivity index (χ2n) is 5.90. The highest BCUT2D eigenvalue weighted by Gasteiger charge is 2.26. The number of nitrogens with one attached hydrogen (secondary N) is 1. The Balaban J connectivity index is 1.72. The number of anilines is 1. The van der Waals surface area contributed by atoms with Crippen LogP contribution in [0.15, 0.2) is 42.5 Å². The summed E-state index contributed by atoms with van der Waals surface area (Å²) in [6, 6.07) is 14.6. The Morgan fingerprint density at radius 2 is 2.04 bits per heavy atom. The number of hydrogen-bond acceptors (Lipinski definition) is 3. The van der Waals surface area contributed by atoms with Crippen molar-refractivity contribution in [3.63, 3.8) is 0 Å². The molecule has 2 nitrogen and oxygen atoms in total. The average Bonchev–Trinajstić information content (AvgIpc) is 3.14. The second kappa shape index (κ2) is 6.06. The van der Waals surface area contributed by atoms with Crippen molar-refractivity contribution < 1.29 is 4.74 Å². The monoisotopic (exact) mass is 343 g/mol. The molecule has 2 aromatic carbocycles. The van der Waals surface area contributed by atoms with Crippen LogP contribution in [0.25, 0.3) is 10.1 Å². The van der Waals surface area contributed by atoms with Gasteiger partial charge in [0.25, 0.3) is 0 Å². The van der Waals surface area contributed by atoms with Gasteiger partial charge in [0, 0.05) is 39.0 Å². The molecule has 0 aliphatic carbocycles. The Morgan fingerprint density at radius 1 is 1.22 bits per heavy atom. The van der Waals surface area contributed by atoms with Crippen molar-refractivity contribution in [3.05, 3.63) is 58.5 Å². The second-order valence-corrected chi connectivity index (χ2v) is 7.43. The number of hydrogen-bond donors (Lipinski definition) is 1. The highest BCUT2D eigenvalue weighted by atomic mass is 35.5. The van der Waals surface area contributed by atoms with E-state index < -0.39 is 0 Å². The SMILES string of the molecule is Cc1sc2c3c(ccc2c1OCc1ccccc1)NC[C@H]3CCl. The molecule has 118 valence electrons. The van der Waals surface area contributed by atoms with Crippen molar-refractivity contribution in [2.24, 2.45) is 0 Å². The third kappa shape index (κ3) is 2.58. The van der Waals surface area contributed by atoms with Gasteiger partial charge >= 0.3 is 0 Å². The molecule has 4 heteroatoms. The number of alkyl halides is 1. The molecule has 0 unspecified atom stereocenters. The van der Waals surface area contributed by atoms with E-state index in [4.69, 9.17) is 16.3 Å². The van der Waals surface area contributed by atoms with E-state index in [1.54, 1.807) is 0 Å². The summed E-state index contributed by atoms with van der Waals surface area (Å²) < 4.78 is 7.48. The maximum absolute atomic E-state index is 6.16. The van der Waals surface area contributed by atoms with Crippen LogP contribution in [0, 0.1) is 6.92 Å². The lowest BCUT2D eigenvalue weighted by Gasteiger charge is -2.08. The predicted octanol–water partition coefficient (Wildman–Crippen LogP) is 5.54. The molecule has 0 bridgehead atoms. The van der Waals surface area contributed by atoms with Crippen LogP contribution in [0.4, 0.5) is 5.69 Å². The average molecular weight is 344 g/mol. The quantitative estimate of drug-likeness (QED) is 0.628. The predicted molar refractivity (Wildman–Crippen MR) is 99.3 cm³/mol. The molecule has 1 N–H and O–H groups in total. The number of aryl methyl sites for hydroxylation is 1. The van der Waals surface area contributed by atoms with Gasteiger partial charge in [0.1, 0.15) is 12.4 Å². The Labute approximate surface area is 145 Å². The summed E-state index contributed by atoms with van der Waals surface area (Å²) in [7, 11) is 0. The lowest BCUT2D eigenvalue weighted by Crippen LogP contribution is -2.02. The molecule has 0 saturated heterocycles. The standard InChI is InChI=1S/C19H18ClNOS/c1-12-18(22-11-13-5-3-2-4-6-13)15-7-8-16-17(19(15)23-12)14(9-20)10-21-16/h2-8,14,21H,9-11H2,1H3/t14-/m1/s1. The van der Waals surface area contributed by atoms with E-state index in [9.17, 15) is 0 Å². The van der Waals surface area contributed by atoms with Crippen LogP contribution in [0.5, 0.6) is 5.75 Å². The Hall–Kier alpha value is -1.71. The van der Waals surface area contributed by atoms with Crippen LogP contribution in [0.1, 0.15) is 21.9 Å². The maximum atomic E-state index is 6.16. The molecule has 0 spiro atoms. The molecule has 1 atom stereocenters. The highest BCUT2D eigenvalue weighted by molar-refractivity contribution is 7.19. The van der Waals surface area contributed by atoms with Crippen LogP contribution in [-0.2, 0) is 6.61 Å². The van der Waals surface area contributed by atoms with Crippen LogP contribution < -0.4 is 10.1 Å². The Kier molecular flexibility index (Phi) is 3.92. The lowest BCUT2D eigenvalue weighted by atomic mass is 10.0. The number of halogens is 1. The third-order valence-corrected chi connectivity index (χ3v) is 5.88. The summed E-state index contributed by atoms with van der Waals surface area (Å²) in [5.41, 5.74) is 3.77. The molecular formula is C19H18ClNOS. The van der Waals surface area contributed by atoms with E-state index in [2.05, 4.69) is 36.5 Å². The van der Waals surface area contributed by atoms with Crippen molar-refractivity contribution in [1.82, 2.24) is 0 Å². The number of benzene rings is 2. The van der Waals surface area contributed by atoms with Gasteiger partial charge in [-0.25, -0.2) is 0 Å². The van der Waals surface area contributed by atoms with E-state index >= 15 is 0 Å². The minimum absolute atomic E-state index is 0.385. The van der Waals surface area contributed by atoms with Gasteiger partial charge in [0.2, 0.25) is 0 Å². The molecule has 3 aromatic rings. The fourth-order valence-corrected chi connectivity index (χ4v) is 4.70. The van der Waals surface area contributed by atoms with Crippen LogP contribution in [-0.4, -0.2) is 12.4 Å². The van der Waals surface area contributed by atoms with Gasteiger partial charge in [-0.05, 0) is 30.2 Å². The first kappa shape index (κ1) is 14.9. The van der Waals surface area contributed by atoms with Crippen molar-refractivity contribution >= 4 is 38.7 Å². The van der Waals surface area contributed by atoms with Crippen LogP contribution in [0.3, 0.4) is 0 Å². The first-order chi connectivity index (χ1) is 11.3. The summed E-state index contributed by atoms with van der Waals surface area (Å²) >= 11 is 7.97. The molecule has 1 aliphatic heterocycles. The molecule has 1 aliphatic rings. The van der Waals surface area contributed by atoms with E-state index in [-0.39, 0.29) is 0 Å². The number of rotatable bonds is 4. The maximum Gasteiger partial charge on any atom is 0.141 e. The van der Waals surface area contributed by atoms with Gasteiger partial charge < -0.3 is 10.1 Å². The highest BCUT2D eigenvalue weighted by Crippen LogP contribution is 2.46. The van der Waals surface area contributed by atoms with Crippen molar-refractivity contribution in [2.75, 3.05) is 17.7 Å². The Bertz CT molecular complexity index is 843. The molecule has 1 aromatic heterocycles. The molecule has 0 radical (unpaired) electrons. The summed E-state index contributed by atoms with van der Waals surface area (Å²) in [5, 5.41) is 4.67. The minimum atomic E-state index is 0.385. The Morgan fingerprint density at radius 3 is 2.83 bits per heavy atom. The largest absolute Gasteiger partial charge is 0.487 e. The number of fused-ring (bicyclic) bond motifs is 3. The number of ether oxygens (including phenoxy) is 1. The molecule has 0 saturated carbocycles. The molecule has 2 heterocycles. The zero-order valence-corrected chi connectivity index (χ0v) is 14.5.